The van der Waals surface area contributed by atoms with E-state index in [1.54, 1.807) is 24.0 Å². The monoisotopic (exact) mass is 412 g/mol. The van der Waals surface area contributed by atoms with Gasteiger partial charge in [-0.05, 0) is 25.0 Å². The molecule has 3 aliphatic rings. The molecule has 2 bridgehead atoms. The summed E-state index contributed by atoms with van der Waals surface area (Å²) in [6, 6.07) is 4.76. The number of nitrogens with one attached hydrogen (secondary N) is 1. The molecule has 2 amide bonds. The van der Waals surface area contributed by atoms with Crippen molar-refractivity contribution in [2.24, 2.45) is 0 Å². The summed E-state index contributed by atoms with van der Waals surface area (Å²) in [5.41, 5.74) is -0.207. The van der Waals surface area contributed by atoms with Gasteiger partial charge in [-0.3, -0.25) is 19.3 Å². The summed E-state index contributed by atoms with van der Waals surface area (Å²) in [6.07, 6.45) is 2.06. The number of carbonyl (C=O) groups excluding carboxylic acids is 2. The molecule has 4 heterocycles. The van der Waals surface area contributed by atoms with Gasteiger partial charge in [-0.2, -0.15) is 0 Å². The molecule has 0 saturated carbocycles. The molecule has 0 radical (unpaired) electrons. The number of hydrogen-bond acceptors (Lipinski definition) is 5. The number of fused-ring (bicyclic) bond motifs is 6. The molecule has 2 N–H and O–H groups in total. The maximum Gasteiger partial charge on any atom is 0.276 e. The van der Waals surface area contributed by atoms with Gasteiger partial charge in [-0.1, -0.05) is 12.1 Å². The summed E-state index contributed by atoms with van der Waals surface area (Å²) < 4.78 is 15.5. The van der Waals surface area contributed by atoms with Gasteiger partial charge in [0.05, 0.1) is 6.54 Å². The topological polar surface area (TPSA) is 94.9 Å². The van der Waals surface area contributed by atoms with Crippen LogP contribution < -0.4 is 10.7 Å². The van der Waals surface area contributed by atoms with Crippen LogP contribution in [0.5, 0.6) is 5.75 Å². The number of benzene rings is 1. The Hall–Kier alpha value is -3.20. The summed E-state index contributed by atoms with van der Waals surface area (Å²) >= 11 is 0. The number of rotatable bonds is 3. The maximum absolute atomic E-state index is 14.0. The van der Waals surface area contributed by atoms with Crippen LogP contribution in [0.4, 0.5) is 4.39 Å². The van der Waals surface area contributed by atoms with E-state index in [1.165, 1.54) is 16.8 Å². The maximum atomic E-state index is 14.0. The Kier molecular flexibility index (Phi) is 4.18. The van der Waals surface area contributed by atoms with Gasteiger partial charge in [-0.25, -0.2) is 4.39 Å². The number of pyridine rings is 1. The molecule has 2 unspecified atom stereocenters. The summed E-state index contributed by atoms with van der Waals surface area (Å²) in [5.74, 6) is -2.28. The average Bonchev–Trinajstić information content (AvgIpc) is 3.32. The first-order valence-corrected chi connectivity index (χ1v) is 9.91. The second-order valence-electron chi connectivity index (χ2n) is 8.13. The Morgan fingerprint density at radius 1 is 1.30 bits per heavy atom. The van der Waals surface area contributed by atoms with Crippen molar-refractivity contribution in [2.75, 3.05) is 13.1 Å². The number of amides is 2. The van der Waals surface area contributed by atoms with Crippen LogP contribution in [0.1, 0.15) is 38.4 Å². The fourth-order valence-corrected chi connectivity index (χ4v) is 4.73. The van der Waals surface area contributed by atoms with Crippen molar-refractivity contribution in [1.82, 2.24) is 19.7 Å². The number of halogens is 1. The van der Waals surface area contributed by atoms with E-state index in [1.807, 2.05) is 0 Å². The molecule has 1 aromatic heterocycles. The molecule has 5 rings (SSSR count). The van der Waals surface area contributed by atoms with Gasteiger partial charge in [0, 0.05) is 37.4 Å². The van der Waals surface area contributed by atoms with E-state index in [-0.39, 0.29) is 41.5 Å². The third kappa shape index (κ3) is 2.72. The van der Waals surface area contributed by atoms with Crippen LogP contribution >= 0.6 is 0 Å². The Balaban J connectivity index is 1.44. The minimum atomic E-state index is -0.903. The Bertz CT molecular complexity index is 1140. The van der Waals surface area contributed by atoms with Gasteiger partial charge in [-0.15, -0.1) is 0 Å². The van der Waals surface area contributed by atoms with Crippen LogP contribution in [-0.4, -0.2) is 56.6 Å². The van der Waals surface area contributed by atoms with Crippen LogP contribution in [0.2, 0.25) is 0 Å². The van der Waals surface area contributed by atoms with E-state index in [0.29, 0.717) is 6.54 Å². The van der Waals surface area contributed by atoms with Crippen molar-refractivity contribution >= 4 is 11.8 Å². The molecule has 9 heteroatoms. The number of carbonyl (C=O) groups is 2. The lowest BCUT2D eigenvalue weighted by molar-refractivity contribution is 0.0319. The Morgan fingerprint density at radius 2 is 2.10 bits per heavy atom. The fraction of sp³-hybridized carbons (Fsp3) is 0.381. The highest BCUT2D eigenvalue weighted by Crippen LogP contribution is 2.36. The third-order valence-electron chi connectivity index (χ3n) is 6.28. The summed E-state index contributed by atoms with van der Waals surface area (Å²) in [5, 5.41) is 13.0. The summed E-state index contributed by atoms with van der Waals surface area (Å²) in [6.45, 7) is 3.72. The standard InChI is InChI=1S/C21H21FN4O4/c1-11-2-3-12(15(22)6-11)7-23-20(29)14-9-25-10-16-24-5-4-13(8-24)26(16)21(30)17(25)19(28)18(14)27/h2-3,6,9,13,16,28H,4-5,7-8,10H2,1H3,(H,23,29)/t13-,16?/m1/s1. The fourth-order valence-electron chi connectivity index (χ4n) is 4.73. The zero-order chi connectivity index (χ0) is 21.2. The summed E-state index contributed by atoms with van der Waals surface area (Å²) in [4.78, 5) is 42.1. The average molecular weight is 412 g/mol. The van der Waals surface area contributed by atoms with E-state index in [0.717, 1.165) is 25.1 Å². The highest BCUT2D eigenvalue weighted by atomic mass is 19.1. The molecule has 3 aliphatic heterocycles. The first-order chi connectivity index (χ1) is 14.3. The van der Waals surface area contributed by atoms with Crippen LogP contribution in [0.25, 0.3) is 0 Å². The smallest absolute Gasteiger partial charge is 0.276 e. The second kappa shape index (κ2) is 6.66. The molecular formula is C21H21FN4O4. The molecule has 2 saturated heterocycles. The van der Waals surface area contributed by atoms with Crippen LogP contribution in [-0.2, 0) is 13.1 Å². The van der Waals surface area contributed by atoms with Crippen LogP contribution in [0.3, 0.4) is 0 Å². The normalized spacial score (nSPS) is 24.0. The van der Waals surface area contributed by atoms with E-state index >= 15 is 0 Å². The first kappa shape index (κ1) is 18.8. The van der Waals surface area contributed by atoms with Gasteiger partial charge in [0.2, 0.25) is 5.43 Å². The highest BCUT2D eigenvalue weighted by molar-refractivity contribution is 5.99. The van der Waals surface area contributed by atoms with Crippen molar-refractivity contribution < 1.29 is 19.1 Å². The highest BCUT2D eigenvalue weighted by Gasteiger charge is 2.50. The molecular weight excluding hydrogens is 391 g/mol. The first-order valence-electron chi connectivity index (χ1n) is 9.91. The molecule has 1 aromatic carbocycles. The number of nitrogens with zero attached hydrogens (tertiary/aromatic N) is 3. The van der Waals surface area contributed by atoms with Crippen molar-refractivity contribution in [1.29, 1.82) is 0 Å². The van der Waals surface area contributed by atoms with Crippen LogP contribution in [0.15, 0.2) is 29.2 Å². The van der Waals surface area contributed by atoms with Gasteiger partial charge >= 0.3 is 0 Å². The lowest BCUT2D eigenvalue weighted by atomic mass is 10.1. The van der Waals surface area contributed by atoms with Gasteiger partial charge in [0.15, 0.2) is 11.4 Å². The number of aryl methyl sites for hydroxylation is 1. The molecule has 156 valence electrons. The van der Waals surface area contributed by atoms with Gasteiger partial charge < -0.3 is 19.9 Å². The lowest BCUT2D eigenvalue weighted by Gasteiger charge is -2.40. The Morgan fingerprint density at radius 3 is 2.87 bits per heavy atom. The molecule has 8 nitrogen and oxygen atoms in total. The van der Waals surface area contributed by atoms with Gasteiger partial charge in [0.1, 0.15) is 17.5 Å². The minimum Gasteiger partial charge on any atom is -0.503 e. The van der Waals surface area contributed by atoms with Crippen molar-refractivity contribution in [2.45, 2.75) is 38.6 Å². The van der Waals surface area contributed by atoms with E-state index in [2.05, 4.69) is 10.2 Å². The van der Waals surface area contributed by atoms with Crippen molar-refractivity contribution in [3.05, 3.63) is 62.8 Å². The number of aromatic hydroxyl groups is 1. The van der Waals surface area contributed by atoms with Crippen LogP contribution in [0, 0.1) is 12.7 Å². The van der Waals surface area contributed by atoms with E-state index in [4.69, 9.17) is 0 Å². The third-order valence-corrected chi connectivity index (χ3v) is 6.28. The minimum absolute atomic E-state index is 0.0777. The van der Waals surface area contributed by atoms with E-state index < -0.39 is 22.9 Å². The second-order valence-corrected chi connectivity index (χ2v) is 8.13. The molecule has 30 heavy (non-hydrogen) atoms. The van der Waals surface area contributed by atoms with Crippen molar-refractivity contribution in [3.63, 3.8) is 0 Å². The number of aromatic nitrogens is 1. The van der Waals surface area contributed by atoms with Gasteiger partial charge in [0.25, 0.3) is 11.8 Å². The molecule has 3 atom stereocenters. The predicted molar refractivity (Wildman–Crippen MR) is 105 cm³/mol. The zero-order valence-corrected chi connectivity index (χ0v) is 16.4. The van der Waals surface area contributed by atoms with Crippen molar-refractivity contribution in [3.8, 4) is 5.75 Å². The quantitative estimate of drug-likeness (QED) is 0.778. The largest absolute Gasteiger partial charge is 0.503 e. The number of hydrogen-bond donors (Lipinski definition) is 2. The summed E-state index contributed by atoms with van der Waals surface area (Å²) in [7, 11) is 0. The van der Waals surface area contributed by atoms with E-state index in [9.17, 15) is 23.9 Å². The lowest BCUT2D eigenvalue weighted by Crippen LogP contribution is -2.55. The molecule has 2 fully saturated rings. The molecule has 0 spiro atoms. The molecule has 2 aromatic rings. The predicted octanol–water partition coefficient (Wildman–Crippen LogP) is 0.801. The zero-order valence-electron chi connectivity index (χ0n) is 16.4. The Labute approximate surface area is 171 Å². The molecule has 0 aliphatic carbocycles. The SMILES string of the molecule is Cc1ccc(CNC(=O)c2cn3c(c(O)c2=O)C(=O)N2C(C3)N3CC[C@@H]2C3)c(F)c1.